The third-order valence-corrected chi connectivity index (χ3v) is 2.80. The van der Waals surface area contributed by atoms with Crippen LogP contribution in [-0.4, -0.2) is 10.9 Å². The molecule has 0 fully saturated rings. The predicted molar refractivity (Wildman–Crippen MR) is 71.2 cm³/mol. The number of benzene rings is 1. The number of terminal acetylenes is 1. The third kappa shape index (κ3) is 4.86. The Kier molecular flexibility index (Phi) is 5.45. The maximum Gasteiger partial charge on any atom is 0.185 e. The Balaban J connectivity index is 2.44. The molecule has 0 amide bonds. The summed E-state index contributed by atoms with van der Waals surface area (Å²) in [5.74, 6) is 3.44. The Morgan fingerprint density at radius 2 is 2.38 bits per heavy atom. The highest BCUT2D eigenvalue weighted by Gasteiger charge is 1.92. The van der Waals surface area contributed by atoms with Gasteiger partial charge in [-0.15, -0.1) is 6.42 Å². The van der Waals surface area contributed by atoms with E-state index in [0.717, 1.165) is 23.3 Å². The minimum absolute atomic E-state index is 0.169. The fourth-order valence-corrected chi connectivity index (χ4v) is 1.76. The minimum Gasteiger partial charge on any atom is -0.288 e. The SMILES string of the molecule is C#Cc1cccc(C=CCCSC(C)=O)c1. The molecule has 0 unspecified atom stereocenters. The first kappa shape index (κ1) is 12.6. The summed E-state index contributed by atoms with van der Waals surface area (Å²) in [7, 11) is 0. The molecule has 1 nitrogen and oxygen atoms in total. The zero-order valence-electron chi connectivity index (χ0n) is 9.27. The highest BCUT2D eigenvalue weighted by atomic mass is 32.2. The summed E-state index contributed by atoms with van der Waals surface area (Å²) in [4.78, 5) is 10.7. The second-order valence-electron chi connectivity index (χ2n) is 3.30. The molecule has 1 aromatic carbocycles. The van der Waals surface area contributed by atoms with Crippen LogP contribution in [0.5, 0.6) is 0 Å². The lowest BCUT2D eigenvalue weighted by Crippen LogP contribution is -1.83. The summed E-state index contributed by atoms with van der Waals surface area (Å²) in [5.41, 5.74) is 1.99. The van der Waals surface area contributed by atoms with Crippen molar-refractivity contribution in [1.82, 2.24) is 0 Å². The van der Waals surface area contributed by atoms with Crippen molar-refractivity contribution in [3.8, 4) is 12.3 Å². The number of hydrogen-bond acceptors (Lipinski definition) is 2. The van der Waals surface area contributed by atoms with Gasteiger partial charge in [0.15, 0.2) is 5.12 Å². The van der Waals surface area contributed by atoms with E-state index in [-0.39, 0.29) is 5.12 Å². The van der Waals surface area contributed by atoms with E-state index >= 15 is 0 Å². The molecular weight excluding hydrogens is 216 g/mol. The van der Waals surface area contributed by atoms with Crippen molar-refractivity contribution in [2.45, 2.75) is 13.3 Å². The molecule has 0 aliphatic heterocycles. The van der Waals surface area contributed by atoms with E-state index in [1.807, 2.05) is 30.3 Å². The predicted octanol–water partition coefficient (Wildman–Crippen LogP) is 3.35. The number of thioether (sulfide) groups is 1. The van der Waals surface area contributed by atoms with Gasteiger partial charge in [0.2, 0.25) is 0 Å². The van der Waals surface area contributed by atoms with Gasteiger partial charge in [0.05, 0.1) is 0 Å². The van der Waals surface area contributed by atoms with Gasteiger partial charge in [-0.1, -0.05) is 42.0 Å². The Bertz CT molecular complexity index is 427. The van der Waals surface area contributed by atoms with Gasteiger partial charge in [-0.3, -0.25) is 4.79 Å². The average Bonchev–Trinajstić information content (AvgIpc) is 2.28. The van der Waals surface area contributed by atoms with E-state index in [1.165, 1.54) is 11.8 Å². The molecule has 82 valence electrons. The molecule has 16 heavy (non-hydrogen) atoms. The Hall–Kier alpha value is -1.46. The van der Waals surface area contributed by atoms with E-state index in [1.54, 1.807) is 6.92 Å². The van der Waals surface area contributed by atoms with Crippen LogP contribution < -0.4 is 0 Å². The largest absolute Gasteiger partial charge is 0.288 e. The van der Waals surface area contributed by atoms with E-state index in [0.29, 0.717) is 0 Å². The molecule has 0 saturated heterocycles. The number of rotatable bonds is 4. The molecule has 2 heteroatoms. The van der Waals surface area contributed by atoms with Crippen molar-refractivity contribution in [2.24, 2.45) is 0 Å². The van der Waals surface area contributed by atoms with Crippen LogP contribution in [-0.2, 0) is 4.79 Å². The van der Waals surface area contributed by atoms with Crippen molar-refractivity contribution < 1.29 is 4.79 Å². The molecule has 1 aromatic rings. The maximum atomic E-state index is 10.7. The summed E-state index contributed by atoms with van der Waals surface area (Å²) in [6.07, 6.45) is 10.3. The van der Waals surface area contributed by atoms with Crippen molar-refractivity contribution in [3.63, 3.8) is 0 Å². The molecule has 0 aliphatic carbocycles. The molecule has 0 atom stereocenters. The second kappa shape index (κ2) is 6.92. The summed E-state index contributed by atoms with van der Waals surface area (Å²) in [6.45, 7) is 1.59. The molecule has 1 rings (SSSR count). The van der Waals surface area contributed by atoms with Gasteiger partial charge >= 0.3 is 0 Å². The topological polar surface area (TPSA) is 17.1 Å². The van der Waals surface area contributed by atoms with Crippen LogP contribution >= 0.6 is 11.8 Å². The van der Waals surface area contributed by atoms with Gasteiger partial charge in [-0.2, -0.15) is 0 Å². The lowest BCUT2D eigenvalue weighted by atomic mass is 10.1. The van der Waals surface area contributed by atoms with Gasteiger partial charge in [0.1, 0.15) is 0 Å². The summed E-state index contributed by atoms with van der Waals surface area (Å²) in [5, 5.41) is 0.169. The zero-order chi connectivity index (χ0) is 11.8. The first-order valence-electron chi connectivity index (χ1n) is 5.09. The van der Waals surface area contributed by atoms with Gasteiger partial charge < -0.3 is 0 Å². The molecule has 0 N–H and O–H groups in total. The Morgan fingerprint density at radius 3 is 3.06 bits per heavy atom. The summed E-state index contributed by atoms with van der Waals surface area (Å²) < 4.78 is 0. The highest BCUT2D eigenvalue weighted by Crippen LogP contribution is 2.08. The minimum atomic E-state index is 0.169. The van der Waals surface area contributed by atoms with Crippen LogP contribution in [0.1, 0.15) is 24.5 Å². The summed E-state index contributed by atoms with van der Waals surface area (Å²) in [6, 6.07) is 7.83. The second-order valence-corrected chi connectivity index (χ2v) is 4.57. The van der Waals surface area contributed by atoms with Crippen LogP contribution in [0.2, 0.25) is 0 Å². The molecule has 0 bridgehead atoms. The van der Waals surface area contributed by atoms with Crippen LogP contribution in [0.15, 0.2) is 30.3 Å². The fourth-order valence-electron chi connectivity index (χ4n) is 1.22. The van der Waals surface area contributed by atoms with Gasteiger partial charge in [-0.05, 0) is 24.1 Å². The number of hydrogen-bond donors (Lipinski definition) is 0. The van der Waals surface area contributed by atoms with Crippen LogP contribution in [0.4, 0.5) is 0 Å². The van der Waals surface area contributed by atoms with Crippen LogP contribution in [0, 0.1) is 12.3 Å². The zero-order valence-corrected chi connectivity index (χ0v) is 10.1. The molecule has 0 spiro atoms. The first-order chi connectivity index (χ1) is 7.72. The fraction of sp³-hybridized carbons (Fsp3) is 0.214. The third-order valence-electron chi connectivity index (χ3n) is 1.95. The van der Waals surface area contributed by atoms with Crippen LogP contribution in [0.3, 0.4) is 0 Å². The number of carbonyl (C=O) groups is 1. The maximum absolute atomic E-state index is 10.7. The molecule has 0 aromatic heterocycles. The van der Waals surface area contributed by atoms with E-state index in [4.69, 9.17) is 6.42 Å². The van der Waals surface area contributed by atoms with Gasteiger partial charge in [0.25, 0.3) is 0 Å². The number of carbonyl (C=O) groups excluding carboxylic acids is 1. The van der Waals surface area contributed by atoms with E-state index in [9.17, 15) is 4.79 Å². The molecule has 0 radical (unpaired) electrons. The highest BCUT2D eigenvalue weighted by molar-refractivity contribution is 8.13. The Labute approximate surface area is 101 Å². The van der Waals surface area contributed by atoms with Gasteiger partial charge in [-0.25, -0.2) is 0 Å². The summed E-state index contributed by atoms with van der Waals surface area (Å²) >= 11 is 1.35. The van der Waals surface area contributed by atoms with Crippen molar-refractivity contribution in [3.05, 3.63) is 41.5 Å². The lowest BCUT2D eigenvalue weighted by Gasteiger charge is -1.95. The quantitative estimate of drug-likeness (QED) is 0.583. The normalized spacial score (nSPS) is 10.2. The molecular formula is C14H14OS. The Morgan fingerprint density at radius 1 is 1.56 bits per heavy atom. The monoisotopic (exact) mass is 230 g/mol. The van der Waals surface area contributed by atoms with E-state index < -0.39 is 0 Å². The molecule has 0 heterocycles. The number of allylic oxidation sites excluding steroid dienone is 1. The van der Waals surface area contributed by atoms with E-state index in [2.05, 4.69) is 12.0 Å². The van der Waals surface area contributed by atoms with Gasteiger partial charge in [0, 0.05) is 18.2 Å². The van der Waals surface area contributed by atoms with Crippen molar-refractivity contribution in [2.75, 3.05) is 5.75 Å². The average molecular weight is 230 g/mol. The smallest absolute Gasteiger partial charge is 0.185 e. The standard InChI is InChI=1S/C14H14OS/c1-3-13-8-6-9-14(11-13)7-4-5-10-16-12(2)15/h1,4,6-9,11H,5,10H2,2H3. The molecule has 0 saturated carbocycles. The lowest BCUT2D eigenvalue weighted by molar-refractivity contribution is -0.109. The van der Waals surface area contributed by atoms with Crippen LogP contribution in [0.25, 0.3) is 6.08 Å². The first-order valence-corrected chi connectivity index (χ1v) is 6.07. The van der Waals surface area contributed by atoms with Crippen molar-refractivity contribution in [1.29, 1.82) is 0 Å². The molecule has 0 aliphatic rings. The van der Waals surface area contributed by atoms with Crippen molar-refractivity contribution >= 4 is 23.0 Å².